The molecule has 1 rings (SSSR count). The van der Waals surface area contributed by atoms with Crippen LogP contribution in [-0.2, 0) is 19.7 Å². The monoisotopic (exact) mass is 286 g/mol. The molecule has 1 aromatic rings. The fourth-order valence-corrected chi connectivity index (χ4v) is 1.57. The third-order valence-corrected chi connectivity index (χ3v) is 2.82. The molecule has 0 unspecified atom stereocenters. The Kier molecular flexibility index (Phi) is 4.25. The molecule has 0 fully saturated rings. The van der Waals surface area contributed by atoms with Gasteiger partial charge in [-0.2, -0.15) is 8.42 Å². The number of nitrogens with two attached hydrogens (primary N) is 1. The Labute approximate surface area is 108 Å². The van der Waals surface area contributed by atoms with Crippen molar-refractivity contribution in [1.82, 2.24) is 0 Å². The van der Waals surface area contributed by atoms with E-state index >= 15 is 0 Å². The molecule has 0 spiro atoms. The summed E-state index contributed by atoms with van der Waals surface area (Å²) >= 11 is 0. The van der Waals surface area contributed by atoms with Crippen LogP contribution in [-0.4, -0.2) is 30.0 Å². The molecule has 9 heteroatoms. The molecule has 0 saturated heterocycles. The first-order valence-electron chi connectivity index (χ1n) is 4.79. The van der Waals surface area contributed by atoms with Crippen LogP contribution in [0.4, 0.5) is 5.69 Å². The lowest BCUT2D eigenvalue weighted by atomic mass is 10.3. The lowest BCUT2D eigenvalue weighted by Gasteiger charge is -2.03. The number of rotatable bonds is 4. The molecule has 0 aliphatic heterocycles. The Morgan fingerprint density at radius 1 is 1.21 bits per heavy atom. The molecule has 0 saturated carbocycles. The Morgan fingerprint density at radius 2 is 1.74 bits per heavy atom. The minimum absolute atomic E-state index is 0.215. The molecule has 1 amide bonds. The zero-order valence-electron chi connectivity index (χ0n) is 9.40. The molecule has 0 bridgehead atoms. The first kappa shape index (κ1) is 14.7. The molecule has 19 heavy (non-hydrogen) atoms. The molecule has 0 heterocycles. The molecule has 102 valence electrons. The van der Waals surface area contributed by atoms with Crippen LogP contribution in [0.2, 0.25) is 0 Å². The minimum atomic E-state index is -4.30. The number of amides is 1. The standard InChI is InChI=1S/C10H10N2O6S/c11-8(10(14)15)5-9(13)12-6-1-3-7(4-2-6)19(16,17)18/h1-5H,11H2,(H,12,13)(H,14,15)(H,16,17,18)/b8-5-. The predicted molar refractivity (Wildman–Crippen MR) is 64.8 cm³/mol. The summed E-state index contributed by atoms with van der Waals surface area (Å²) in [4.78, 5) is 21.4. The smallest absolute Gasteiger partial charge is 0.351 e. The van der Waals surface area contributed by atoms with E-state index in [0.717, 1.165) is 12.1 Å². The highest BCUT2D eigenvalue weighted by Gasteiger charge is 2.09. The van der Waals surface area contributed by atoms with Crippen molar-refractivity contribution in [3.05, 3.63) is 36.0 Å². The van der Waals surface area contributed by atoms with Gasteiger partial charge in [0.25, 0.3) is 16.0 Å². The molecular formula is C10H10N2O6S. The van der Waals surface area contributed by atoms with E-state index in [4.69, 9.17) is 15.4 Å². The lowest BCUT2D eigenvalue weighted by molar-refractivity contribution is -0.133. The third kappa shape index (κ3) is 4.41. The summed E-state index contributed by atoms with van der Waals surface area (Å²) in [6.07, 6.45) is 0.680. The molecule has 1 aromatic carbocycles. The second-order valence-corrected chi connectivity index (χ2v) is 4.82. The van der Waals surface area contributed by atoms with Crippen molar-refractivity contribution in [2.24, 2.45) is 5.73 Å². The van der Waals surface area contributed by atoms with Gasteiger partial charge < -0.3 is 16.2 Å². The quantitative estimate of drug-likeness (QED) is 0.442. The number of anilines is 1. The molecule has 0 atom stereocenters. The van der Waals surface area contributed by atoms with Crippen molar-refractivity contribution < 1.29 is 27.7 Å². The van der Waals surface area contributed by atoms with Gasteiger partial charge in [0.2, 0.25) is 0 Å². The molecular weight excluding hydrogens is 276 g/mol. The third-order valence-electron chi connectivity index (χ3n) is 1.95. The topological polar surface area (TPSA) is 147 Å². The van der Waals surface area contributed by atoms with E-state index in [1.54, 1.807) is 0 Å². The highest BCUT2D eigenvalue weighted by Crippen LogP contribution is 2.13. The van der Waals surface area contributed by atoms with Crippen molar-refractivity contribution in [3.8, 4) is 0 Å². The zero-order valence-corrected chi connectivity index (χ0v) is 10.2. The number of carbonyl (C=O) groups is 2. The fourth-order valence-electron chi connectivity index (χ4n) is 1.09. The molecule has 0 aliphatic carbocycles. The van der Waals surface area contributed by atoms with Gasteiger partial charge in [0, 0.05) is 11.8 Å². The van der Waals surface area contributed by atoms with Crippen LogP contribution in [0.3, 0.4) is 0 Å². The maximum atomic E-state index is 11.3. The van der Waals surface area contributed by atoms with Crippen LogP contribution in [0.5, 0.6) is 0 Å². The van der Waals surface area contributed by atoms with Crippen LogP contribution in [0.1, 0.15) is 0 Å². The molecule has 8 nitrogen and oxygen atoms in total. The van der Waals surface area contributed by atoms with Crippen molar-refractivity contribution in [2.45, 2.75) is 4.90 Å². The fraction of sp³-hybridized carbons (Fsp3) is 0. The molecule has 0 radical (unpaired) electrons. The van der Waals surface area contributed by atoms with Crippen LogP contribution >= 0.6 is 0 Å². The number of aliphatic carboxylic acids is 1. The van der Waals surface area contributed by atoms with Gasteiger partial charge in [-0.05, 0) is 24.3 Å². The molecule has 0 aromatic heterocycles. The summed E-state index contributed by atoms with van der Waals surface area (Å²) in [7, 11) is -4.30. The van der Waals surface area contributed by atoms with Gasteiger partial charge in [-0.25, -0.2) is 4.79 Å². The summed E-state index contributed by atoms with van der Waals surface area (Å²) in [6, 6.07) is 4.61. The van der Waals surface area contributed by atoms with Gasteiger partial charge in [0.15, 0.2) is 0 Å². The van der Waals surface area contributed by atoms with Crippen molar-refractivity contribution >= 4 is 27.7 Å². The van der Waals surface area contributed by atoms with Gasteiger partial charge in [-0.15, -0.1) is 0 Å². The highest BCUT2D eigenvalue weighted by molar-refractivity contribution is 7.85. The van der Waals surface area contributed by atoms with E-state index < -0.39 is 27.7 Å². The molecule has 5 N–H and O–H groups in total. The molecule has 0 aliphatic rings. The van der Waals surface area contributed by atoms with E-state index in [2.05, 4.69) is 5.32 Å². The van der Waals surface area contributed by atoms with Crippen LogP contribution in [0.25, 0.3) is 0 Å². The number of carboxylic acids is 1. The second-order valence-electron chi connectivity index (χ2n) is 3.39. The predicted octanol–water partition coefficient (Wildman–Crippen LogP) is -0.201. The maximum absolute atomic E-state index is 11.3. The van der Waals surface area contributed by atoms with Crippen molar-refractivity contribution in [2.75, 3.05) is 5.32 Å². The average molecular weight is 286 g/mol. The van der Waals surface area contributed by atoms with E-state index in [1.807, 2.05) is 0 Å². The summed E-state index contributed by atoms with van der Waals surface area (Å²) in [5, 5.41) is 10.7. The minimum Gasteiger partial charge on any atom is -0.477 e. The summed E-state index contributed by atoms with van der Waals surface area (Å²) in [5.41, 5.74) is 4.62. The average Bonchev–Trinajstić information content (AvgIpc) is 2.28. The first-order chi connectivity index (χ1) is 8.70. The van der Waals surface area contributed by atoms with Crippen molar-refractivity contribution in [3.63, 3.8) is 0 Å². The zero-order chi connectivity index (χ0) is 14.6. The maximum Gasteiger partial charge on any atom is 0.351 e. The largest absolute Gasteiger partial charge is 0.477 e. The number of benzene rings is 1. The Morgan fingerprint density at radius 3 is 2.16 bits per heavy atom. The lowest BCUT2D eigenvalue weighted by Crippen LogP contribution is -2.16. The van der Waals surface area contributed by atoms with Crippen LogP contribution in [0, 0.1) is 0 Å². The Bertz CT molecular complexity index is 632. The summed E-state index contributed by atoms with van der Waals surface area (Å²) in [5.74, 6) is -2.21. The van der Waals surface area contributed by atoms with E-state index in [-0.39, 0.29) is 10.6 Å². The summed E-state index contributed by atoms with van der Waals surface area (Å²) in [6.45, 7) is 0. The first-order valence-corrected chi connectivity index (χ1v) is 6.23. The SMILES string of the molecule is N/C(=C\C(=O)Nc1ccc(S(=O)(=O)O)cc1)C(=O)O. The highest BCUT2D eigenvalue weighted by atomic mass is 32.2. The number of carbonyl (C=O) groups excluding carboxylic acids is 1. The number of nitrogens with one attached hydrogen (secondary N) is 1. The van der Waals surface area contributed by atoms with Crippen LogP contribution in [0.15, 0.2) is 40.9 Å². The van der Waals surface area contributed by atoms with E-state index in [1.165, 1.54) is 12.1 Å². The van der Waals surface area contributed by atoms with Gasteiger partial charge in [-0.3, -0.25) is 9.35 Å². The van der Waals surface area contributed by atoms with E-state index in [0.29, 0.717) is 6.08 Å². The van der Waals surface area contributed by atoms with Gasteiger partial charge in [0.1, 0.15) is 5.70 Å². The number of carboxylic acid groups (broad SMARTS) is 1. The van der Waals surface area contributed by atoms with Gasteiger partial charge in [0.05, 0.1) is 4.90 Å². The Balaban J connectivity index is 2.82. The van der Waals surface area contributed by atoms with Gasteiger partial charge in [-0.1, -0.05) is 0 Å². The van der Waals surface area contributed by atoms with E-state index in [9.17, 15) is 18.0 Å². The van der Waals surface area contributed by atoms with Crippen LogP contribution < -0.4 is 11.1 Å². The van der Waals surface area contributed by atoms with Crippen molar-refractivity contribution in [1.29, 1.82) is 0 Å². The van der Waals surface area contributed by atoms with Gasteiger partial charge >= 0.3 is 5.97 Å². The Hall–Kier alpha value is -2.39. The number of hydrogen-bond donors (Lipinski definition) is 4. The normalized spacial score (nSPS) is 11.9. The number of hydrogen-bond acceptors (Lipinski definition) is 5. The summed E-state index contributed by atoms with van der Waals surface area (Å²) < 4.78 is 30.3. The second kappa shape index (κ2) is 5.50.